The van der Waals surface area contributed by atoms with Gasteiger partial charge in [-0.25, -0.2) is 0 Å². The molecular formula is C22H15ClN2O. The average molecular weight is 359 g/mol. The van der Waals surface area contributed by atoms with Crippen molar-refractivity contribution in [2.45, 2.75) is 0 Å². The van der Waals surface area contributed by atoms with Gasteiger partial charge in [-0.05, 0) is 29.8 Å². The van der Waals surface area contributed by atoms with Gasteiger partial charge in [-0.15, -0.1) is 0 Å². The van der Waals surface area contributed by atoms with Gasteiger partial charge in [0.2, 0.25) is 0 Å². The van der Waals surface area contributed by atoms with Crippen LogP contribution in [0, 0.1) is 0 Å². The first-order chi connectivity index (χ1) is 12.7. The number of para-hydroxylation sites is 1. The highest BCUT2D eigenvalue weighted by Gasteiger charge is 2.32. The van der Waals surface area contributed by atoms with E-state index in [4.69, 9.17) is 11.6 Å². The molecule has 4 heteroatoms. The third-order valence-electron chi connectivity index (χ3n) is 4.13. The third kappa shape index (κ3) is 3.05. The largest absolute Gasteiger partial charge is 0.281 e. The Hall–Kier alpha value is -3.17. The van der Waals surface area contributed by atoms with Crippen molar-refractivity contribution in [3.8, 4) is 0 Å². The number of rotatable bonds is 3. The van der Waals surface area contributed by atoms with Gasteiger partial charge in [0, 0.05) is 10.6 Å². The highest BCUT2D eigenvalue weighted by Crippen LogP contribution is 2.29. The maximum atomic E-state index is 13.1. The number of nitrogens with zero attached hydrogens (tertiary/aromatic N) is 2. The molecule has 0 atom stereocenters. The van der Waals surface area contributed by atoms with Gasteiger partial charge >= 0.3 is 0 Å². The van der Waals surface area contributed by atoms with Crippen LogP contribution in [0.3, 0.4) is 0 Å². The van der Waals surface area contributed by atoms with Gasteiger partial charge in [0.05, 0.1) is 11.3 Å². The standard InChI is InChI=1S/C22H15ClN2O/c23-20-14-8-7-11-17(20)15-19-21(16-9-3-1-4-10-16)24-25(22(19)26)18-12-5-2-6-13-18/h1-15H/b19-15-. The summed E-state index contributed by atoms with van der Waals surface area (Å²) in [5, 5.41) is 6.64. The Morgan fingerprint density at radius 2 is 1.42 bits per heavy atom. The lowest BCUT2D eigenvalue weighted by Crippen LogP contribution is -2.21. The van der Waals surface area contributed by atoms with E-state index in [1.54, 1.807) is 6.08 Å². The maximum absolute atomic E-state index is 13.1. The smallest absolute Gasteiger partial charge is 0.267 e. The van der Waals surface area contributed by atoms with Crippen LogP contribution in [0.2, 0.25) is 5.02 Å². The van der Waals surface area contributed by atoms with E-state index in [-0.39, 0.29) is 5.91 Å². The fraction of sp³-hybridized carbons (Fsp3) is 0. The molecule has 0 saturated carbocycles. The number of carbonyl (C=O) groups excluding carboxylic acids is 1. The SMILES string of the molecule is O=C1/C(=C\c2ccccc2Cl)C(c2ccccc2)=NN1c1ccccc1. The maximum Gasteiger partial charge on any atom is 0.281 e. The summed E-state index contributed by atoms with van der Waals surface area (Å²) in [6.45, 7) is 0. The fourth-order valence-corrected chi connectivity index (χ4v) is 3.04. The van der Waals surface area contributed by atoms with Crippen molar-refractivity contribution >= 4 is 35.0 Å². The summed E-state index contributed by atoms with van der Waals surface area (Å²) in [5.74, 6) is -0.171. The van der Waals surface area contributed by atoms with Gasteiger partial charge < -0.3 is 0 Å². The molecule has 0 radical (unpaired) electrons. The van der Waals surface area contributed by atoms with Crippen LogP contribution < -0.4 is 5.01 Å². The zero-order valence-corrected chi connectivity index (χ0v) is 14.6. The molecule has 4 rings (SSSR count). The van der Waals surface area contributed by atoms with Gasteiger partial charge in [0.1, 0.15) is 5.71 Å². The van der Waals surface area contributed by atoms with E-state index in [0.29, 0.717) is 16.3 Å². The molecule has 3 aromatic carbocycles. The summed E-state index contributed by atoms with van der Waals surface area (Å²) in [4.78, 5) is 13.1. The van der Waals surface area contributed by atoms with E-state index in [2.05, 4.69) is 5.10 Å². The number of carbonyl (C=O) groups is 1. The third-order valence-corrected chi connectivity index (χ3v) is 4.48. The Kier molecular flexibility index (Phi) is 4.38. The van der Waals surface area contributed by atoms with Crippen LogP contribution in [-0.4, -0.2) is 11.6 Å². The van der Waals surface area contributed by atoms with Crippen molar-refractivity contribution in [1.29, 1.82) is 0 Å². The highest BCUT2D eigenvalue weighted by atomic mass is 35.5. The number of hydrazone groups is 1. The molecule has 126 valence electrons. The molecule has 0 aromatic heterocycles. The van der Waals surface area contributed by atoms with Gasteiger partial charge in [-0.2, -0.15) is 10.1 Å². The highest BCUT2D eigenvalue weighted by molar-refractivity contribution is 6.38. The normalized spacial score (nSPS) is 15.4. The van der Waals surface area contributed by atoms with Crippen molar-refractivity contribution in [3.63, 3.8) is 0 Å². The molecule has 1 aliphatic rings. The number of hydrogen-bond acceptors (Lipinski definition) is 2. The first-order valence-electron chi connectivity index (χ1n) is 8.24. The molecule has 26 heavy (non-hydrogen) atoms. The zero-order valence-electron chi connectivity index (χ0n) is 13.8. The molecule has 1 heterocycles. The van der Waals surface area contributed by atoms with Crippen LogP contribution in [-0.2, 0) is 4.79 Å². The number of benzene rings is 3. The average Bonchev–Trinajstić information content (AvgIpc) is 3.01. The minimum absolute atomic E-state index is 0.171. The lowest BCUT2D eigenvalue weighted by Gasteiger charge is -2.11. The Morgan fingerprint density at radius 3 is 2.12 bits per heavy atom. The van der Waals surface area contributed by atoms with E-state index >= 15 is 0 Å². The van der Waals surface area contributed by atoms with Crippen LogP contribution in [0.5, 0.6) is 0 Å². The second-order valence-corrected chi connectivity index (χ2v) is 6.25. The van der Waals surface area contributed by atoms with Crippen molar-refractivity contribution in [1.82, 2.24) is 0 Å². The molecule has 1 aliphatic heterocycles. The topological polar surface area (TPSA) is 32.7 Å². The molecule has 0 N–H and O–H groups in total. The number of halogens is 1. The summed E-state index contributed by atoms with van der Waals surface area (Å²) in [5.41, 5.74) is 3.56. The van der Waals surface area contributed by atoms with Crippen LogP contribution in [0.1, 0.15) is 11.1 Å². The molecule has 0 saturated heterocycles. The Bertz CT molecular complexity index is 1010. The van der Waals surface area contributed by atoms with E-state index in [1.165, 1.54) is 5.01 Å². The summed E-state index contributed by atoms with van der Waals surface area (Å²) in [6.07, 6.45) is 1.80. The summed E-state index contributed by atoms with van der Waals surface area (Å²) < 4.78 is 0. The molecule has 0 bridgehead atoms. The van der Waals surface area contributed by atoms with Gasteiger partial charge in [-0.1, -0.05) is 78.3 Å². The second-order valence-electron chi connectivity index (χ2n) is 5.85. The first-order valence-corrected chi connectivity index (χ1v) is 8.62. The molecule has 1 amide bonds. The second kappa shape index (κ2) is 6.98. The minimum atomic E-state index is -0.171. The fourth-order valence-electron chi connectivity index (χ4n) is 2.85. The quantitative estimate of drug-likeness (QED) is 0.594. The number of hydrogen-bond donors (Lipinski definition) is 0. The molecular weight excluding hydrogens is 344 g/mol. The van der Waals surface area contributed by atoms with E-state index in [1.807, 2.05) is 84.9 Å². The predicted molar refractivity (Wildman–Crippen MR) is 106 cm³/mol. The molecule has 0 unspecified atom stereocenters. The molecule has 0 spiro atoms. The summed E-state index contributed by atoms with van der Waals surface area (Å²) >= 11 is 6.29. The van der Waals surface area contributed by atoms with Crippen molar-refractivity contribution in [2.75, 3.05) is 5.01 Å². The summed E-state index contributed by atoms with van der Waals surface area (Å²) in [7, 11) is 0. The minimum Gasteiger partial charge on any atom is -0.267 e. The van der Waals surface area contributed by atoms with Crippen LogP contribution in [0.25, 0.3) is 6.08 Å². The Balaban J connectivity index is 1.85. The van der Waals surface area contributed by atoms with Crippen molar-refractivity contribution in [2.24, 2.45) is 5.10 Å². The lowest BCUT2D eigenvalue weighted by molar-refractivity contribution is -0.114. The zero-order chi connectivity index (χ0) is 17.9. The van der Waals surface area contributed by atoms with E-state index < -0.39 is 0 Å². The molecule has 3 aromatic rings. The monoisotopic (exact) mass is 358 g/mol. The van der Waals surface area contributed by atoms with Crippen LogP contribution in [0.4, 0.5) is 5.69 Å². The molecule has 3 nitrogen and oxygen atoms in total. The van der Waals surface area contributed by atoms with E-state index in [9.17, 15) is 4.79 Å². The van der Waals surface area contributed by atoms with Gasteiger partial charge in [-0.3, -0.25) is 4.79 Å². The summed E-state index contributed by atoms with van der Waals surface area (Å²) in [6, 6.07) is 26.5. The van der Waals surface area contributed by atoms with Crippen LogP contribution >= 0.6 is 11.6 Å². The Morgan fingerprint density at radius 1 is 0.808 bits per heavy atom. The van der Waals surface area contributed by atoms with Gasteiger partial charge in [0.15, 0.2) is 0 Å². The van der Waals surface area contributed by atoms with Crippen LogP contribution in [0.15, 0.2) is 95.6 Å². The van der Waals surface area contributed by atoms with Gasteiger partial charge in [0.25, 0.3) is 5.91 Å². The van der Waals surface area contributed by atoms with Crippen molar-refractivity contribution in [3.05, 3.63) is 107 Å². The molecule has 0 aliphatic carbocycles. The molecule has 0 fully saturated rings. The predicted octanol–water partition coefficient (Wildman–Crippen LogP) is 5.17. The van der Waals surface area contributed by atoms with Crippen molar-refractivity contribution < 1.29 is 4.79 Å². The lowest BCUT2D eigenvalue weighted by atomic mass is 10.0. The first kappa shape index (κ1) is 16.3. The Labute approximate surface area is 156 Å². The number of anilines is 1. The van der Waals surface area contributed by atoms with E-state index in [0.717, 1.165) is 16.8 Å². The number of amides is 1.